The first-order valence-electron chi connectivity index (χ1n) is 7.84. The van der Waals surface area contributed by atoms with Gasteiger partial charge in [-0.05, 0) is 26.3 Å². The number of carboxylic acids is 1. The Morgan fingerprint density at radius 2 is 1.88 bits per heavy atom. The molecular formula is C17H22O7. The SMILES string of the molecule is CC1(C)O[C@@H]2[C@@H](OCc3ccccc3)[C@H](O)[C@@H](C(=O)O)O[C@]2(C)O1. The molecule has 3 rings (SSSR count). The summed E-state index contributed by atoms with van der Waals surface area (Å²) >= 11 is 0. The summed E-state index contributed by atoms with van der Waals surface area (Å²) in [5, 5.41) is 19.8. The molecule has 0 aromatic heterocycles. The molecule has 2 saturated heterocycles. The van der Waals surface area contributed by atoms with E-state index in [1.807, 2.05) is 30.3 Å². The molecule has 7 heteroatoms. The van der Waals surface area contributed by atoms with Crippen molar-refractivity contribution in [1.29, 1.82) is 0 Å². The van der Waals surface area contributed by atoms with Crippen molar-refractivity contribution < 1.29 is 34.0 Å². The van der Waals surface area contributed by atoms with E-state index < -0.39 is 42.0 Å². The fourth-order valence-corrected chi connectivity index (χ4v) is 3.26. The van der Waals surface area contributed by atoms with Crippen LogP contribution < -0.4 is 0 Å². The molecule has 0 saturated carbocycles. The number of aliphatic carboxylic acids is 1. The van der Waals surface area contributed by atoms with Crippen LogP contribution in [-0.2, 0) is 30.3 Å². The summed E-state index contributed by atoms with van der Waals surface area (Å²) in [6.45, 7) is 5.23. The average molecular weight is 338 g/mol. The molecule has 2 heterocycles. The molecule has 0 bridgehead atoms. The number of carbonyl (C=O) groups is 1. The number of aliphatic hydroxyl groups excluding tert-OH is 1. The molecule has 2 N–H and O–H groups in total. The summed E-state index contributed by atoms with van der Waals surface area (Å²) in [7, 11) is 0. The number of carboxylic acid groups (broad SMARTS) is 1. The molecule has 0 aliphatic carbocycles. The maximum Gasteiger partial charge on any atom is 0.335 e. The van der Waals surface area contributed by atoms with E-state index in [1.165, 1.54) is 0 Å². The third-order valence-electron chi connectivity index (χ3n) is 4.21. The van der Waals surface area contributed by atoms with Gasteiger partial charge in [-0.25, -0.2) is 4.79 Å². The van der Waals surface area contributed by atoms with Gasteiger partial charge in [0.2, 0.25) is 0 Å². The molecule has 7 nitrogen and oxygen atoms in total. The first kappa shape index (κ1) is 17.3. The van der Waals surface area contributed by atoms with Crippen molar-refractivity contribution in [3.8, 4) is 0 Å². The number of ether oxygens (including phenoxy) is 4. The lowest BCUT2D eigenvalue weighted by Gasteiger charge is -2.43. The van der Waals surface area contributed by atoms with Crippen molar-refractivity contribution in [1.82, 2.24) is 0 Å². The van der Waals surface area contributed by atoms with Crippen molar-refractivity contribution in [3.63, 3.8) is 0 Å². The Morgan fingerprint density at radius 3 is 2.50 bits per heavy atom. The molecule has 1 aromatic carbocycles. The van der Waals surface area contributed by atoms with Crippen LogP contribution >= 0.6 is 0 Å². The summed E-state index contributed by atoms with van der Waals surface area (Å²) < 4.78 is 22.9. The number of benzene rings is 1. The van der Waals surface area contributed by atoms with E-state index in [1.54, 1.807) is 20.8 Å². The second-order valence-corrected chi connectivity index (χ2v) is 6.68. The molecule has 2 aliphatic heterocycles. The van der Waals surface area contributed by atoms with Crippen LogP contribution in [0.2, 0.25) is 0 Å². The van der Waals surface area contributed by atoms with Gasteiger partial charge in [-0.15, -0.1) is 0 Å². The van der Waals surface area contributed by atoms with Crippen LogP contribution in [0.25, 0.3) is 0 Å². The lowest BCUT2D eigenvalue weighted by Crippen LogP contribution is -2.64. The van der Waals surface area contributed by atoms with Crippen LogP contribution in [0.15, 0.2) is 30.3 Å². The molecule has 0 radical (unpaired) electrons. The summed E-state index contributed by atoms with van der Waals surface area (Å²) in [4.78, 5) is 11.4. The second-order valence-electron chi connectivity index (χ2n) is 6.68. The van der Waals surface area contributed by atoms with Gasteiger partial charge in [-0.2, -0.15) is 0 Å². The normalized spacial score (nSPS) is 37.8. The molecule has 24 heavy (non-hydrogen) atoms. The molecule has 132 valence electrons. The van der Waals surface area contributed by atoms with Crippen LogP contribution in [0.5, 0.6) is 0 Å². The smallest absolute Gasteiger partial charge is 0.335 e. The van der Waals surface area contributed by atoms with Crippen LogP contribution in [0.3, 0.4) is 0 Å². The third kappa shape index (κ3) is 3.18. The molecule has 2 fully saturated rings. The molecule has 0 unspecified atom stereocenters. The number of hydrogen-bond donors (Lipinski definition) is 2. The van der Waals surface area contributed by atoms with Crippen LogP contribution in [0, 0.1) is 0 Å². The van der Waals surface area contributed by atoms with Crippen molar-refractivity contribution >= 4 is 5.97 Å². The number of fused-ring (bicyclic) bond motifs is 1. The zero-order valence-corrected chi connectivity index (χ0v) is 13.8. The Bertz CT molecular complexity index is 602. The highest BCUT2D eigenvalue weighted by atomic mass is 16.9. The Kier molecular flexibility index (Phi) is 4.39. The van der Waals surface area contributed by atoms with Gasteiger partial charge in [-0.1, -0.05) is 30.3 Å². The van der Waals surface area contributed by atoms with Gasteiger partial charge < -0.3 is 29.2 Å². The average Bonchev–Trinajstić information content (AvgIpc) is 2.76. The predicted molar refractivity (Wildman–Crippen MR) is 82.0 cm³/mol. The van der Waals surface area contributed by atoms with Gasteiger partial charge in [0, 0.05) is 0 Å². The Labute approximate surface area is 140 Å². The number of hydrogen-bond acceptors (Lipinski definition) is 6. The predicted octanol–water partition coefficient (Wildman–Crippen LogP) is 1.28. The standard InChI is InChI=1S/C17H22O7/c1-16(2)23-14-12(21-9-10-7-5-4-6-8-10)11(18)13(15(19)20)22-17(14,3)24-16/h4-8,11-14,18H,9H2,1-3H3,(H,19,20)/t11-,12-,13-,14+,17+/m0/s1. The number of rotatable bonds is 4. The molecule has 2 aliphatic rings. The van der Waals surface area contributed by atoms with E-state index in [-0.39, 0.29) is 6.61 Å². The quantitative estimate of drug-likeness (QED) is 0.854. The number of aliphatic hydroxyl groups is 1. The fourth-order valence-electron chi connectivity index (χ4n) is 3.26. The first-order chi connectivity index (χ1) is 11.2. The first-order valence-corrected chi connectivity index (χ1v) is 7.84. The highest BCUT2D eigenvalue weighted by molar-refractivity contribution is 5.73. The minimum absolute atomic E-state index is 0.214. The molecule has 5 atom stereocenters. The van der Waals surface area contributed by atoms with Crippen molar-refractivity contribution in [2.45, 2.75) is 63.4 Å². The zero-order chi connectivity index (χ0) is 17.5. The lowest BCUT2D eigenvalue weighted by molar-refractivity contribution is -0.312. The Morgan fingerprint density at radius 1 is 1.21 bits per heavy atom. The monoisotopic (exact) mass is 338 g/mol. The van der Waals surface area contributed by atoms with Crippen LogP contribution in [0.1, 0.15) is 26.3 Å². The van der Waals surface area contributed by atoms with Gasteiger partial charge in [0.05, 0.1) is 6.61 Å². The third-order valence-corrected chi connectivity index (χ3v) is 4.21. The van der Waals surface area contributed by atoms with Gasteiger partial charge in [0.25, 0.3) is 0 Å². The van der Waals surface area contributed by atoms with Crippen molar-refractivity contribution in [2.75, 3.05) is 0 Å². The fraction of sp³-hybridized carbons (Fsp3) is 0.588. The van der Waals surface area contributed by atoms with Gasteiger partial charge >= 0.3 is 5.97 Å². The highest BCUT2D eigenvalue weighted by Gasteiger charge is 2.63. The lowest BCUT2D eigenvalue weighted by atomic mass is 9.93. The van der Waals surface area contributed by atoms with E-state index in [0.717, 1.165) is 5.56 Å². The molecule has 0 spiro atoms. The van der Waals surface area contributed by atoms with Gasteiger partial charge in [0.1, 0.15) is 18.3 Å². The molecule has 0 amide bonds. The van der Waals surface area contributed by atoms with Gasteiger partial charge in [0.15, 0.2) is 17.7 Å². The van der Waals surface area contributed by atoms with Crippen LogP contribution in [-0.4, -0.2) is 52.2 Å². The minimum atomic E-state index is -1.45. The van der Waals surface area contributed by atoms with E-state index in [2.05, 4.69) is 0 Å². The minimum Gasteiger partial charge on any atom is -0.479 e. The van der Waals surface area contributed by atoms with Crippen molar-refractivity contribution in [2.24, 2.45) is 0 Å². The Balaban J connectivity index is 1.84. The summed E-state index contributed by atoms with van der Waals surface area (Å²) in [5.41, 5.74) is 0.906. The summed E-state index contributed by atoms with van der Waals surface area (Å²) in [5.74, 6) is -3.56. The largest absolute Gasteiger partial charge is 0.479 e. The summed E-state index contributed by atoms with van der Waals surface area (Å²) in [6.07, 6.45) is -4.47. The summed E-state index contributed by atoms with van der Waals surface area (Å²) in [6, 6.07) is 9.41. The topological polar surface area (TPSA) is 94.5 Å². The van der Waals surface area contributed by atoms with Crippen molar-refractivity contribution in [3.05, 3.63) is 35.9 Å². The van der Waals surface area contributed by atoms with E-state index in [9.17, 15) is 15.0 Å². The highest BCUT2D eigenvalue weighted by Crippen LogP contribution is 2.44. The maximum absolute atomic E-state index is 11.4. The molecular weight excluding hydrogens is 316 g/mol. The van der Waals surface area contributed by atoms with E-state index in [4.69, 9.17) is 18.9 Å². The maximum atomic E-state index is 11.4. The van der Waals surface area contributed by atoms with Crippen LogP contribution in [0.4, 0.5) is 0 Å². The van der Waals surface area contributed by atoms with Gasteiger partial charge in [-0.3, -0.25) is 0 Å². The van der Waals surface area contributed by atoms with E-state index >= 15 is 0 Å². The van der Waals surface area contributed by atoms with E-state index in [0.29, 0.717) is 0 Å². The zero-order valence-electron chi connectivity index (χ0n) is 13.8. The molecule has 1 aromatic rings. The second kappa shape index (κ2) is 6.09. The Hall–Kier alpha value is -1.51.